The van der Waals surface area contributed by atoms with Gasteiger partial charge in [0.15, 0.2) is 0 Å². The monoisotopic (exact) mass is 471 g/mol. The van der Waals surface area contributed by atoms with Crippen LogP contribution in [0.1, 0.15) is 65.6 Å². The summed E-state index contributed by atoms with van der Waals surface area (Å²) >= 11 is 0. The number of piperazine rings is 1. The molecule has 0 saturated carbocycles. The standard InChI is InChI=1S/C27H42FN5O/c1-8-20(3)32(25(34)18-27(5,6)7)19-24-21(4)29-33(23-12-10-11-22(28)17-23)26(24)31-15-13-30(9-2)14-16-31/h10-12,17,20H,8-9,13-16,18-19H2,1-7H3/t20-/m1/s1. The summed E-state index contributed by atoms with van der Waals surface area (Å²) in [7, 11) is 0. The zero-order valence-corrected chi connectivity index (χ0v) is 22.1. The highest BCUT2D eigenvalue weighted by molar-refractivity contribution is 5.77. The number of benzene rings is 1. The van der Waals surface area contributed by atoms with Crippen molar-refractivity contribution in [3.8, 4) is 5.69 Å². The number of amides is 1. The molecule has 2 heterocycles. The van der Waals surface area contributed by atoms with E-state index < -0.39 is 0 Å². The van der Waals surface area contributed by atoms with E-state index in [0.29, 0.717) is 18.7 Å². The van der Waals surface area contributed by atoms with E-state index in [9.17, 15) is 9.18 Å². The Hall–Kier alpha value is -2.41. The van der Waals surface area contributed by atoms with E-state index in [1.165, 1.54) is 12.1 Å². The van der Waals surface area contributed by atoms with Gasteiger partial charge >= 0.3 is 0 Å². The van der Waals surface area contributed by atoms with Crippen molar-refractivity contribution in [2.24, 2.45) is 5.41 Å². The van der Waals surface area contributed by atoms with Gasteiger partial charge in [-0.25, -0.2) is 9.07 Å². The maximum absolute atomic E-state index is 14.1. The molecule has 7 heteroatoms. The maximum Gasteiger partial charge on any atom is 0.223 e. The topological polar surface area (TPSA) is 44.6 Å². The largest absolute Gasteiger partial charge is 0.354 e. The third kappa shape index (κ3) is 6.17. The van der Waals surface area contributed by atoms with Crippen molar-refractivity contribution >= 4 is 11.7 Å². The number of hydrogen-bond acceptors (Lipinski definition) is 4. The molecule has 0 N–H and O–H groups in total. The Morgan fingerprint density at radius 3 is 2.41 bits per heavy atom. The number of anilines is 1. The number of halogens is 1. The van der Waals surface area contributed by atoms with Crippen LogP contribution in [0, 0.1) is 18.2 Å². The smallest absolute Gasteiger partial charge is 0.223 e. The molecule has 6 nitrogen and oxygen atoms in total. The summed E-state index contributed by atoms with van der Waals surface area (Å²) in [5.41, 5.74) is 2.56. The molecule has 1 aromatic heterocycles. The number of aromatic nitrogens is 2. The van der Waals surface area contributed by atoms with Gasteiger partial charge in [-0.3, -0.25) is 4.79 Å². The molecule has 0 unspecified atom stereocenters. The second kappa shape index (κ2) is 10.9. The van der Waals surface area contributed by atoms with Gasteiger partial charge in [0.05, 0.1) is 17.9 Å². The minimum absolute atomic E-state index is 0.0805. The van der Waals surface area contributed by atoms with Crippen LogP contribution in [-0.4, -0.2) is 64.3 Å². The summed E-state index contributed by atoms with van der Waals surface area (Å²) in [5, 5.41) is 4.87. The van der Waals surface area contributed by atoms with Crippen molar-refractivity contribution in [1.29, 1.82) is 0 Å². The summed E-state index contributed by atoms with van der Waals surface area (Å²) < 4.78 is 16.0. The van der Waals surface area contributed by atoms with E-state index in [-0.39, 0.29) is 23.2 Å². The van der Waals surface area contributed by atoms with Crippen LogP contribution in [0.2, 0.25) is 0 Å². The fraction of sp³-hybridized carbons (Fsp3) is 0.630. The Morgan fingerprint density at radius 1 is 1.18 bits per heavy atom. The number of rotatable bonds is 8. The number of carbonyl (C=O) groups is 1. The first-order valence-electron chi connectivity index (χ1n) is 12.6. The number of likely N-dealkylation sites (N-methyl/N-ethyl adjacent to an activating group) is 1. The molecule has 0 bridgehead atoms. The zero-order valence-electron chi connectivity index (χ0n) is 22.1. The van der Waals surface area contributed by atoms with Crippen LogP contribution in [0.5, 0.6) is 0 Å². The molecular formula is C27H42FN5O. The van der Waals surface area contributed by atoms with Crippen LogP contribution >= 0.6 is 0 Å². The van der Waals surface area contributed by atoms with Gasteiger partial charge in [0.2, 0.25) is 5.91 Å². The van der Waals surface area contributed by atoms with Gasteiger partial charge in [-0.15, -0.1) is 0 Å². The summed E-state index contributed by atoms with van der Waals surface area (Å²) in [6, 6.07) is 6.72. The Balaban J connectivity index is 2.05. The average molecular weight is 472 g/mol. The molecule has 1 atom stereocenters. The minimum Gasteiger partial charge on any atom is -0.354 e. The van der Waals surface area contributed by atoms with Crippen LogP contribution in [0.4, 0.5) is 10.2 Å². The van der Waals surface area contributed by atoms with Crippen molar-refractivity contribution in [2.75, 3.05) is 37.6 Å². The van der Waals surface area contributed by atoms with E-state index in [1.54, 1.807) is 6.07 Å². The van der Waals surface area contributed by atoms with E-state index in [0.717, 1.165) is 56.2 Å². The van der Waals surface area contributed by atoms with Gasteiger partial charge in [0.1, 0.15) is 11.6 Å². The highest BCUT2D eigenvalue weighted by atomic mass is 19.1. The quantitative estimate of drug-likeness (QED) is 0.542. The lowest BCUT2D eigenvalue weighted by atomic mass is 9.91. The Kier molecular flexibility index (Phi) is 8.39. The lowest BCUT2D eigenvalue weighted by Crippen LogP contribution is -2.47. The summed E-state index contributed by atoms with van der Waals surface area (Å²) in [5.74, 6) is 0.868. The highest BCUT2D eigenvalue weighted by Crippen LogP contribution is 2.31. The highest BCUT2D eigenvalue weighted by Gasteiger charge is 2.30. The third-order valence-corrected chi connectivity index (χ3v) is 6.78. The van der Waals surface area contributed by atoms with Crippen molar-refractivity contribution in [1.82, 2.24) is 19.6 Å². The van der Waals surface area contributed by atoms with Crippen LogP contribution in [-0.2, 0) is 11.3 Å². The second-order valence-corrected chi connectivity index (χ2v) is 10.7. The lowest BCUT2D eigenvalue weighted by molar-refractivity contribution is -0.135. The zero-order chi connectivity index (χ0) is 25.0. The molecule has 1 saturated heterocycles. The third-order valence-electron chi connectivity index (χ3n) is 6.78. The van der Waals surface area contributed by atoms with Crippen molar-refractivity contribution in [2.45, 2.75) is 73.9 Å². The molecular weight excluding hydrogens is 429 g/mol. The molecule has 3 rings (SSSR count). The first kappa shape index (κ1) is 26.2. The first-order chi connectivity index (χ1) is 16.0. The van der Waals surface area contributed by atoms with Gasteiger partial charge in [-0.05, 0) is 50.4 Å². The number of hydrogen-bond donors (Lipinski definition) is 0. The molecule has 2 aromatic rings. The molecule has 1 fully saturated rings. The fourth-order valence-electron chi connectivity index (χ4n) is 4.56. The average Bonchev–Trinajstić information content (AvgIpc) is 3.11. The number of aryl methyl sites for hydroxylation is 1. The van der Waals surface area contributed by atoms with Gasteiger partial charge < -0.3 is 14.7 Å². The van der Waals surface area contributed by atoms with Crippen molar-refractivity contribution in [3.05, 3.63) is 41.3 Å². The predicted molar refractivity (Wildman–Crippen MR) is 137 cm³/mol. The van der Waals surface area contributed by atoms with Gasteiger partial charge in [0.25, 0.3) is 0 Å². The second-order valence-electron chi connectivity index (χ2n) is 10.7. The van der Waals surface area contributed by atoms with Crippen LogP contribution in [0.3, 0.4) is 0 Å². The molecule has 188 valence electrons. The van der Waals surface area contributed by atoms with E-state index in [2.05, 4.69) is 51.3 Å². The van der Waals surface area contributed by atoms with Crippen LogP contribution in [0.25, 0.3) is 5.69 Å². The molecule has 1 aliphatic rings. The number of nitrogens with zero attached hydrogens (tertiary/aromatic N) is 5. The summed E-state index contributed by atoms with van der Waals surface area (Å²) in [6.45, 7) is 20.0. The maximum atomic E-state index is 14.1. The molecule has 34 heavy (non-hydrogen) atoms. The van der Waals surface area contributed by atoms with Gasteiger partial charge in [-0.2, -0.15) is 5.10 Å². The first-order valence-corrected chi connectivity index (χ1v) is 12.6. The summed E-state index contributed by atoms with van der Waals surface area (Å²) in [4.78, 5) is 20.2. The van der Waals surface area contributed by atoms with E-state index >= 15 is 0 Å². The Bertz CT molecular complexity index is 972. The molecule has 0 aliphatic carbocycles. The predicted octanol–water partition coefficient (Wildman–Crippen LogP) is 5.03. The Morgan fingerprint density at radius 2 is 1.85 bits per heavy atom. The SMILES string of the molecule is CC[C@@H](C)N(Cc1c(C)nn(-c2cccc(F)c2)c1N1CCN(CC)CC1)C(=O)CC(C)(C)C. The molecule has 1 aliphatic heterocycles. The summed E-state index contributed by atoms with van der Waals surface area (Å²) in [6.07, 6.45) is 1.39. The fourth-order valence-corrected chi connectivity index (χ4v) is 4.56. The molecule has 0 radical (unpaired) electrons. The van der Waals surface area contributed by atoms with Crippen molar-refractivity contribution < 1.29 is 9.18 Å². The molecule has 1 aromatic carbocycles. The molecule has 0 spiro atoms. The minimum atomic E-state index is -0.282. The van der Waals surface area contributed by atoms with Crippen LogP contribution < -0.4 is 4.90 Å². The Labute approximate surface area is 204 Å². The lowest BCUT2D eigenvalue weighted by Gasteiger charge is -2.37. The van der Waals surface area contributed by atoms with E-state index in [4.69, 9.17) is 5.10 Å². The normalized spacial score (nSPS) is 16.1. The molecule has 1 amide bonds. The van der Waals surface area contributed by atoms with Crippen molar-refractivity contribution in [3.63, 3.8) is 0 Å². The van der Waals surface area contributed by atoms with Crippen LogP contribution in [0.15, 0.2) is 24.3 Å². The van der Waals surface area contributed by atoms with Gasteiger partial charge in [0, 0.05) is 44.2 Å². The van der Waals surface area contributed by atoms with Gasteiger partial charge in [-0.1, -0.05) is 40.7 Å². The number of carbonyl (C=O) groups excluding carboxylic acids is 1. The van der Waals surface area contributed by atoms with E-state index in [1.807, 2.05) is 22.6 Å².